The first-order valence-electron chi connectivity index (χ1n) is 12.6. The van der Waals surface area contributed by atoms with Gasteiger partial charge in [-0.3, -0.25) is 4.79 Å². The Balaban J connectivity index is 1.55. The predicted octanol–water partition coefficient (Wildman–Crippen LogP) is 4.57. The Morgan fingerprint density at radius 2 is 1.91 bits per heavy atom. The molecule has 4 aromatic rings. The highest BCUT2D eigenvalue weighted by atomic mass is 16.5. The number of hydrogen-bond acceptors (Lipinski definition) is 6. The van der Waals surface area contributed by atoms with E-state index in [1.807, 2.05) is 28.9 Å². The lowest BCUT2D eigenvalue weighted by Crippen LogP contribution is -2.39. The van der Waals surface area contributed by atoms with E-state index in [2.05, 4.69) is 49.7 Å². The van der Waals surface area contributed by atoms with Crippen molar-refractivity contribution >= 4 is 16.6 Å². The van der Waals surface area contributed by atoms with E-state index in [9.17, 15) is 4.79 Å². The fraction of sp³-hybridized carbons (Fsp3) is 0.407. The summed E-state index contributed by atoms with van der Waals surface area (Å²) in [4.78, 5) is 19.0. The van der Waals surface area contributed by atoms with Gasteiger partial charge in [-0.1, -0.05) is 37.5 Å². The SMILES string of the molecule is COc1ccc2[nH]c(=O)c(C(c3nnnn3C3CCCCC3)N3CCCc4ccccc43)cc2c1. The number of pyridine rings is 1. The summed E-state index contributed by atoms with van der Waals surface area (Å²) in [5, 5.41) is 14.0. The molecule has 0 amide bonds. The van der Waals surface area contributed by atoms with Gasteiger partial charge in [0.05, 0.1) is 13.2 Å². The van der Waals surface area contributed by atoms with Crippen LogP contribution in [0.25, 0.3) is 10.9 Å². The topological polar surface area (TPSA) is 88.9 Å². The number of para-hydroxylation sites is 1. The van der Waals surface area contributed by atoms with Gasteiger partial charge in [0, 0.05) is 28.7 Å². The highest BCUT2D eigenvalue weighted by molar-refractivity contribution is 5.81. The number of ether oxygens (including phenoxy) is 1. The number of H-pyrrole nitrogens is 1. The molecule has 1 atom stereocenters. The number of hydrogen-bond donors (Lipinski definition) is 1. The molecule has 2 aromatic heterocycles. The van der Waals surface area contributed by atoms with Crippen molar-refractivity contribution < 1.29 is 4.74 Å². The third-order valence-corrected chi connectivity index (χ3v) is 7.52. The Hall–Kier alpha value is -3.68. The minimum Gasteiger partial charge on any atom is -0.497 e. The minimum absolute atomic E-state index is 0.117. The van der Waals surface area contributed by atoms with E-state index < -0.39 is 6.04 Å². The molecular formula is C27H30N6O2. The molecule has 1 saturated carbocycles. The Morgan fingerprint density at radius 1 is 1.06 bits per heavy atom. The molecule has 0 saturated heterocycles. The fourth-order valence-corrected chi connectivity index (χ4v) is 5.78. The normalized spacial score (nSPS) is 17.3. The number of nitrogens with zero attached hydrogens (tertiary/aromatic N) is 5. The number of methoxy groups -OCH3 is 1. The van der Waals surface area contributed by atoms with Crippen molar-refractivity contribution in [2.24, 2.45) is 0 Å². The molecule has 35 heavy (non-hydrogen) atoms. The fourth-order valence-electron chi connectivity index (χ4n) is 5.78. The van der Waals surface area contributed by atoms with E-state index in [1.165, 1.54) is 24.8 Å². The molecule has 0 bridgehead atoms. The van der Waals surface area contributed by atoms with Gasteiger partial charge in [0.15, 0.2) is 5.82 Å². The molecule has 1 unspecified atom stereocenters. The Morgan fingerprint density at radius 3 is 2.77 bits per heavy atom. The van der Waals surface area contributed by atoms with Crippen LogP contribution in [0.3, 0.4) is 0 Å². The summed E-state index contributed by atoms with van der Waals surface area (Å²) < 4.78 is 7.44. The van der Waals surface area contributed by atoms with Gasteiger partial charge in [0.1, 0.15) is 11.8 Å². The zero-order chi connectivity index (χ0) is 23.8. The average molecular weight is 471 g/mol. The first-order valence-corrected chi connectivity index (χ1v) is 12.6. The van der Waals surface area contributed by atoms with Crippen molar-refractivity contribution in [1.29, 1.82) is 0 Å². The highest BCUT2D eigenvalue weighted by Crippen LogP contribution is 2.38. The molecule has 6 rings (SSSR count). The third kappa shape index (κ3) is 3.96. The molecule has 8 heteroatoms. The summed E-state index contributed by atoms with van der Waals surface area (Å²) in [6, 6.07) is 16.0. The predicted molar refractivity (Wildman–Crippen MR) is 135 cm³/mol. The van der Waals surface area contributed by atoms with E-state index in [4.69, 9.17) is 4.74 Å². The van der Waals surface area contributed by atoms with Crippen LogP contribution in [0.15, 0.2) is 53.3 Å². The van der Waals surface area contributed by atoms with Gasteiger partial charge < -0.3 is 14.6 Å². The van der Waals surface area contributed by atoms with Crippen LogP contribution in [0.2, 0.25) is 0 Å². The number of benzene rings is 2. The smallest absolute Gasteiger partial charge is 0.254 e. The number of tetrazole rings is 1. The largest absolute Gasteiger partial charge is 0.497 e. The lowest BCUT2D eigenvalue weighted by Gasteiger charge is -2.38. The second-order valence-electron chi connectivity index (χ2n) is 9.61. The molecular weight excluding hydrogens is 440 g/mol. The Kier molecular flexibility index (Phi) is 5.72. The summed E-state index contributed by atoms with van der Waals surface area (Å²) in [6.07, 6.45) is 7.77. The second-order valence-corrected chi connectivity index (χ2v) is 9.61. The molecule has 1 aliphatic carbocycles. The monoisotopic (exact) mass is 470 g/mol. The molecule has 1 aliphatic heterocycles. The van der Waals surface area contributed by atoms with Gasteiger partial charge in [-0.25, -0.2) is 4.68 Å². The molecule has 2 aromatic carbocycles. The van der Waals surface area contributed by atoms with Crippen LogP contribution in [-0.4, -0.2) is 38.8 Å². The zero-order valence-electron chi connectivity index (χ0n) is 20.0. The number of anilines is 1. The maximum atomic E-state index is 13.6. The van der Waals surface area contributed by atoms with Crippen LogP contribution in [0.4, 0.5) is 5.69 Å². The molecule has 3 heterocycles. The highest BCUT2D eigenvalue weighted by Gasteiger charge is 2.34. The Labute approximate surface area is 203 Å². The van der Waals surface area contributed by atoms with Crippen molar-refractivity contribution in [2.45, 2.75) is 57.0 Å². The van der Waals surface area contributed by atoms with Gasteiger partial charge in [0.2, 0.25) is 0 Å². The number of nitrogens with one attached hydrogen (secondary N) is 1. The molecule has 2 aliphatic rings. The van der Waals surface area contributed by atoms with Crippen LogP contribution in [0, 0.1) is 0 Å². The number of aromatic amines is 1. The number of fused-ring (bicyclic) bond motifs is 2. The van der Waals surface area contributed by atoms with Crippen molar-refractivity contribution in [2.75, 3.05) is 18.6 Å². The number of rotatable bonds is 5. The van der Waals surface area contributed by atoms with Crippen molar-refractivity contribution in [1.82, 2.24) is 25.2 Å². The molecule has 1 fully saturated rings. The van der Waals surface area contributed by atoms with Crippen LogP contribution >= 0.6 is 0 Å². The third-order valence-electron chi connectivity index (χ3n) is 7.52. The van der Waals surface area contributed by atoms with Crippen molar-refractivity contribution in [3.63, 3.8) is 0 Å². The molecule has 0 radical (unpaired) electrons. The molecule has 0 spiro atoms. The van der Waals surface area contributed by atoms with E-state index in [-0.39, 0.29) is 11.6 Å². The standard InChI is InChI=1S/C27H30N6O2/c1-35-21-13-14-23-19(16-21)17-22(27(34)28-23)25(32-15-7-9-18-8-5-6-12-24(18)32)26-29-30-31-33(26)20-10-3-2-4-11-20/h5-6,8,12-14,16-17,20,25H,2-4,7,9-11,15H2,1H3,(H,28,34). The van der Waals surface area contributed by atoms with Gasteiger partial charge in [-0.05, 0) is 72.0 Å². The van der Waals surface area contributed by atoms with Gasteiger partial charge in [-0.15, -0.1) is 5.10 Å². The number of aromatic nitrogens is 5. The van der Waals surface area contributed by atoms with Gasteiger partial charge >= 0.3 is 0 Å². The molecule has 1 N–H and O–H groups in total. The lowest BCUT2D eigenvalue weighted by molar-refractivity contribution is 0.313. The Bertz CT molecular complexity index is 1400. The van der Waals surface area contributed by atoms with Crippen LogP contribution in [-0.2, 0) is 6.42 Å². The van der Waals surface area contributed by atoms with Crippen molar-refractivity contribution in [3.05, 3.63) is 75.8 Å². The zero-order valence-corrected chi connectivity index (χ0v) is 20.0. The number of aryl methyl sites for hydroxylation is 1. The summed E-state index contributed by atoms with van der Waals surface area (Å²) in [7, 11) is 1.65. The summed E-state index contributed by atoms with van der Waals surface area (Å²) >= 11 is 0. The van der Waals surface area contributed by atoms with Gasteiger partial charge in [0.25, 0.3) is 5.56 Å². The molecule has 8 nitrogen and oxygen atoms in total. The van der Waals surface area contributed by atoms with Gasteiger partial charge in [-0.2, -0.15) is 0 Å². The average Bonchev–Trinajstić information content (AvgIpc) is 3.39. The lowest BCUT2D eigenvalue weighted by atomic mass is 9.94. The first kappa shape index (κ1) is 21.8. The molecule has 180 valence electrons. The minimum atomic E-state index is -0.396. The van der Waals surface area contributed by atoms with Crippen LogP contribution < -0.4 is 15.2 Å². The second kappa shape index (κ2) is 9.17. The first-order chi connectivity index (χ1) is 17.2. The van der Waals surface area contributed by atoms with Crippen LogP contribution in [0.1, 0.15) is 67.6 Å². The van der Waals surface area contributed by atoms with E-state index >= 15 is 0 Å². The summed E-state index contributed by atoms with van der Waals surface area (Å²) in [5.41, 5.74) is 3.75. The van der Waals surface area contributed by atoms with Crippen LogP contribution in [0.5, 0.6) is 5.75 Å². The van der Waals surface area contributed by atoms with E-state index in [0.717, 1.165) is 60.4 Å². The summed E-state index contributed by atoms with van der Waals surface area (Å²) in [5.74, 6) is 1.49. The van der Waals surface area contributed by atoms with Crippen molar-refractivity contribution in [3.8, 4) is 5.75 Å². The summed E-state index contributed by atoms with van der Waals surface area (Å²) in [6.45, 7) is 0.828. The van der Waals surface area contributed by atoms with E-state index in [0.29, 0.717) is 5.56 Å². The quantitative estimate of drug-likeness (QED) is 0.460. The van der Waals surface area contributed by atoms with E-state index in [1.54, 1.807) is 7.11 Å². The maximum absolute atomic E-state index is 13.6. The maximum Gasteiger partial charge on any atom is 0.254 e.